The first-order chi connectivity index (χ1) is 12.0. The van der Waals surface area contributed by atoms with Gasteiger partial charge in [-0.2, -0.15) is 0 Å². The van der Waals surface area contributed by atoms with E-state index in [1.807, 2.05) is 0 Å². The summed E-state index contributed by atoms with van der Waals surface area (Å²) in [6.45, 7) is 3.91. The van der Waals surface area contributed by atoms with Gasteiger partial charge in [-0.25, -0.2) is 4.79 Å². The minimum absolute atomic E-state index is 0.323. The molecule has 1 aliphatic rings. The smallest absolute Gasteiger partial charge is 0.329 e. The summed E-state index contributed by atoms with van der Waals surface area (Å²) in [5.74, 6) is -0.473. The minimum Gasteiger partial charge on any atom is -0.493 e. The average Bonchev–Trinajstić information content (AvgIpc) is 2.86. The summed E-state index contributed by atoms with van der Waals surface area (Å²) in [6, 6.07) is 4.79. The number of hydrogen-bond donors (Lipinski definition) is 2. The number of carbonyl (C=O) groups is 2. The summed E-state index contributed by atoms with van der Waals surface area (Å²) >= 11 is 0. The zero-order valence-corrected chi connectivity index (χ0v) is 14.5. The van der Waals surface area contributed by atoms with E-state index in [1.54, 1.807) is 24.3 Å². The third kappa shape index (κ3) is 4.53. The lowest BCUT2D eigenvalue weighted by Crippen LogP contribution is -2.54. The van der Waals surface area contributed by atoms with Crippen molar-refractivity contribution in [2.45, 2.75) is 44.1 Å². The van der Waals surface area contributed by atoms with Crippen LogP contribution < -0.4 is 14.8 Å². The van der Waals surface area contributed by atoms with E-state index in [9.17, 15) is 14.7 Å². The Labute approximate surface area is 147 Å². The van der Waals surface area contributed by atoms with Crippen LogP contribution in [0.15, 0.2) is 30.9 Å². The fourth-order valence-electron chi connectivity index (χ4n) is 3.09. The van der Waals surface area contributed by atoms with E-state index >= 15 is 0 Å². The second-order valence-electron chi connectivity index (χ2n) is 6.22. The van der Waals surface area contributed by atoms with Gasteiger partial charge in [-0.15, -0.1) is 0 Å². The zero-order chi connectivity index (χ0) is 18.3. The molecule has 1 aromatic rings. The highest BCUT2D eigenvalue weighted by molar-refractivity contribution is 5.98. The number of ether oxygens (including phenoxy) is 2. The summed E-state index contributed by atoms with van der Waals surface area (Å²) in [4.78, 5) is 24.5. The minimum atomic E-state index is -1.20. The molecule has 0 atom stereocenters. The lowest BCUT2D eigenvalue weighted by atomic mass is 9.90. The van der Waals surface area contributed by atoms with Crippen LogP contribution in [0.4, 0.5) is 0 Å². The predicted molar refractivity (Wildman–Crippen MR) is 94.2 cm³/mol. The monoisotopic (exact) mass is 347 g/mol. The largest absolute Gasteiger partial charge is 0.493 e. The summed E-state index contributed by atoms with van der Waals surface area (Å²) < 4.78 is 10.7. The Hall–Kier alpha value is -2.50. The quantitative estimate of drug-likeness (QED) is 0.584. The molecule has 1 fully saturated rings. The third-order valence-electron chi connectivity index (χ3n) is 4.50. The molecule has 0 spiro atoms. The van der Waals surface area contributed by atoms with Crippen molar-refractivity contribution < 1.29 is 24.2 Å². The highest BCUT2D eigenvalue weighted by Crippen LogP contribution is 2.30. The molecule has 0 unspecified atom stereocenters. The molecule has 0 heterocycles. The van der Waals surface area contributed by atoms with Crippen LogP contribution in [0.25, 0.3) is 0 Å². The summed E-state index contributed by atoms with van der Waals surface area (Å²) in [6.07, 6.45) is 6.09. The van der Waals surface area contributed by atoms with Gasteiger partial charge in [0.1, 0.15) is 12.1 Å². The number of methoxy groups -OCH3 is 1. The van der Waals surface area contributed by atoms with Crippen LogP contribution in [0.3, 0.4) is 0 Å². The number of carboxylic acids is 1. The van der Waals surface area contributed by atoms with E-state index in [-0.39, 0.29) is 0 Å². The summed E-state index contributed by atoms with van der Waals surface area (Å²) in [5, 5.41) is 12.4. The normalized spacial score (nSPS) is 16.4. The number of carboxylic acid groups (broad SMARTS) is 1. The van der Waals surface area contributed by atoms with Crippen LogP contribution in [0, 0.1) is 0 Å². The molecule has 2 N–H and O–H groups in total. The van der Waals surface area contributed by atoms with Crippen molar-refractivity contribution in [3.05, 3.63) is 36.4 Å². The number of carbonyl (C=O) groups excluding carboxylic acids is 1. The van der Waals surface area contributed by atoms with Crippen molar-refractivity contribution in [1.29, 1.82) is 0 Å². The molecular weight excluding hydrogens is 322 g/mol. The van der Waals surface area contributed by atoms with E-state index in [0.29, 0.717) is 36.5 Å². The van der Waals surface area contributed by atoms with E-state index in [2.05, 4.69) is 11.9 Å². The van der Waals surface area contributed by atoms with Crippen LogP contribution in [0.2, 0.25) is 0 Å². The van der Waals surface area contributed by atoms with Gasteiger partial charge in [0.25, 0.3) is 5.91 Å². The van der Waals surface area contributed by atoms with Crippen LogP contribution in [0.1, 0.15) is 48.9 Å². The molecule has 2 rings (SSSR count). The molecule has 1 aromatic carbocycles. The van der Waals surface area contributed by atoms with Gasteiger partial charge in [-0.3, -0.25) is 4.79 Å². The van der Waals surface area contributed by atoms with Gasteiger partial charge in [-0.1, -0.05) is 38.3 Å². The number of amides is 1. The van der Waals surface area contributed by atoms with E-state index in [0.717, 1.165) is 25.7 Å². The topological polar surface area (TPSA) is 84.9 Å². The molecule has 6 heteroatoms. The lowest BCUT2D eigenvalue weighted by molar-refractivity contribution is -0.145. The van der Waals surface area contributed by atoms with Crippen LogP contribution in [-0.2, 0) is 4.79 Å². The zero-order valence-electron chi connectivity index (χ0n) is 14.5. The molecule has 0 bridgehead atoms. The fourth-order valence-corrected chi connectivity index (χ4v) is 3.09. The van der Waals surface area contributed by atoms with Crippen molar-refractivity contribution in [2.75, 3.05) is 13.7 Å². The maximum absolute atomic E-state index is 12.6. The second kappa shape index (κ2) is 8.55. The van der Waals surface area contributed by atoms with E-state index < -0.39 is 17.4 Å². The van der Waals surface area contributed by atoms with Crippen molar-refractivity contribution in [3.63, 3.8) is 0 Å². The second-order valence-corrected chi connectivity index (χ2v) is 6.22. The van der Waals surface area contributed by atoms with Crippen molar-refractivity contribution in [2.24, 2.45) is 0 Å². The molecule has 0 aromatic heterocycles. The molecule has 1 amide bonds. The Morgan fingerprint density at radius 2 is 1.92 bits per heavy atom. The molecule has 0 radical (unpaired) electrons. The Kier molecular flexibility index (Phi) is 6.44. The first-order valence-corrected chi connectivity index (χ1v) is 8.50. The summed E-state index contributed by atoms with van der Waals surface area (Å²) in [5.41, 5.74) is -0.855. The lowest BCUT2D eigenvalue weighted by Gasteiger charge is -2.29. The first kappa shape index (κ1) is 18.8. The van der Waals surface area contributed by atoms with Crippen LogP contribution >= 0.6 is 0 Å². The van der Waals surface area contributed by atoms with Gasteiger partial charge in [-0.05, 0) is 31.0 Å². The molecular formula is C19H25NO5. The molecule has 1 aliphatic carbocycles. The van der Waals surface area contributed by atoms with Gasteiger partial charge in [0.15, 0.2) is 11.5 Å². The molecule has 1 saturated carbocycles. The first-order valence-electron chi connectivity index (χ1n) is 8.50. The Morgan fingerprint density at radius 3 is 2.48 bits per heavy atom. The third-order valence-corrected chi connectivity index (χ3v) is 4.50. The van der Waals surface area contributed by atoms with E-state index in [1.165, 1.54) is 7.11 Å². The summed E-state index contributed by atoms with van der Waals surface area (Å²) in [7, 11) is 1.49. The molecule has 0 saturated heterocycles. The number of rotatable bonds is 7. The SMILES string of the molecule is C=CCOc1ccc(C(=O)NC2(C(=O)O)CCCCCC2)cc1OC. The van der Waals surface area contributed by atoms with Crippen molar-refractivity contribution in [1.82, 2.24) is 5.32 Å². The predicted octanol–water partition coefficient (Wildman–Crippen LogP) is 3.17. The molecule has 0 aliphatic heterocycles. The van der Waals surface area contributed by atoms with Gasteiger partial charge in [0.05, 0.1) is 7.11 Å². The highest BCUT2D eigenvalue weighted by atomic mass is 16.5. The Morgan fingerprint density at radius 1 is 1.24 bits per heavy atom. The molecule has 136 valence electrons. The Bertz CT molecular complexity index is 633. The molecule has 6 nitrogen and oxygen atoms in total. The fraction of sp³-hybridized carbons (Fsp3) is 0.474. The van der Waals surface area contributed by atoms with E-state index in [4.69, 9.17) is 9.47 Å². The highest BCUT2D eigenvalue weighted by Gasteiger charge is 2.40. The number of hydrogen-bond acceptors (Lipinski definition) is 4. The van der Waals surface area contributed by atoms with Gasteiger partial charge in [0, 0.05) is 5.56 Å². The van der Waals surface area contributed by atoms with Crippen LogP contribution in [0.5, 0.6) is 11.5 Å². The Balaban J connectivity index is 2.20. The standard InChI is InChI=1S/C19H25NO5/c1-3-12-25-15-9-8-14(13-16(15)24-2)17(21)20-19(18(22)23)10-6-4-5-7-11-19/h3,8-9,13H,1,4-7,10-12H2,2H3,(H,20,21)(H,22,23). The van der Waals surface area contributed by atoms with Gasteiger partial charge < -0.3 is 19.9 Å². The maximum Gasteiger partial charge on any atom is 0.329 e. The molecule has 25 heavy (non-hydrogen) atoms. The van der Waals surface area contributed by atoms with Crippen LogP contribution in [-0.4, -0.2) is 36.2 Å². The van der Waals surface area contributed by atoms with Gasteiger partial charge >= 0.3 is 5.97 Å². The van der Waals surface area contributed by atoms with Crippen molar-refractivity contribution >= 4 is 11.9 Å². The van der Waals surface area contributed by atoms with Gasteiger partial charge in [0.2, 0.25) is 0 Å². The number of nitrogens with one attached hydrogen (secondary N) is 1. The average molecular weight is 347 g/mol. The number of aliphatic carboxylic acids is 1. The number of benzene rings is 1. The maximum atomic E-state index is 12.6. The van der Waals surface area contributed by atoms with Crippen molar-refractivity contribution in [3.8, 4) is 11.5 Å².